The van der Waals surface area contributed by atoms with Crippen molar-refractivity contribution in [3.63, 3.8) is 0 Å². The van der Waals surface area contributed by atoms with Crippen LogP contribution in [0.15, 0.2) is 52.1 Å². The standard InChI is InChI=1S/C28H33ClN4O4/c1-19-14-15-23(22(29)17-19)31-26(35)18-33-24-12-6-5-11-21(24)27(36)32(28(33)37)16-8-7-13-25(34)30-20-9-3-2-4-10-20/h5-6,11-12,14-15,17,20H,2-4,7-10,13,16,18H2,1H3,(H,30,34)(H,31,35). The summed E-state index contributed by atoms with van der Waals surface area (Å²) in [7, 11) is 0. The molecule has 3 aromatic rings. The molecule has 1 saturated carbocycles. The van der Waals surface area contributed by atoms with Crippen molar-refractivity contribution in [2.75, 3.05) is 5.32 Å². The molecular formula is C28H33ClN4O4. The van der Waals surface area contributed by atoms with Gasteiger partial charge in [-0.05, 0) is 62.4 Å². The largest absolute Gasteiger partial charge is 0.353 e. The lowest BCUT2D eigenvalue weighted by atomic mass is 9.95. The fourth-order valence-corrected chi connectivity index (χ4v) is 5.16. The highest BCUT2D eigenvalue weighted by atomic mass is 35.5. The summed E-state index contributed by atoms with van der Waals surface area (Å²) >= 11 is 6.24. The fraction of sp³-hybridized carbons (Fsp3) is 0.429. The smallest absolute Gasteiger partial charge is 0.331 e. The van der Waals surface area contributed by atoms with E-state index in [1.807, 2.05) is 13.0 Å². The Morgan fingerprint density at radius 2 is 1.73 bits per heavy atom. The molecule has 0 atom stereocenters. The van der Waals surface area contributed by atoms with Crippen LogP contribution < -0.4 is 21.9 Å². The van der Waals surface area contributed by atoms with E-state index < -0.39 is 17.2 Å². The summed E-state index contributed by atoms with van der Waals surface area (Å²) in [5.41, 5.74) is 0.856. The first-order chi connectivity index (χ1) is 17.8. The topological polar surface area (TPSA) is 102 Å². The van der Waals surface area contributed by atoms with Crippen molar-refractivity contribution in [2.45, 2.75) is 77.4 Å². The molecule has 2 N–H and O–H groups in total. The number of nitrogens with one attached hydrogen (secondary N) is 2. The summed E-state index contributed by atoms with van der Waals surface area (Å²) in [6, 6.07) is 12.3. The van der Waals surface area contributed by atoms with Gasteiger partial charge in [-0.25, -0.2) is 4.79 Å². The molecule has 2 aromatic carbocycles. The summed E-state index contributed by atoms with van der Waals surface area (Å²) < 4.78 is 2.47. The molecule has 1 fully saturated rings. The monoisotopic (exact) mass is 524 g/mol. The summed E-state index contributed by atoms with van der Waals surface area (Å²) in [4.78, 5) is 51.6. The Hall–Kier alpha value is -3.39. The van der Waals surface area contributed by atoms with Gasteiger partial charge in [-0.15, -0.1) is 0 Å². The maximum atomic E-state index is 13.3. The number of amides is 2. The number of fused-ring (bicyclic) bond motifs is 1. The third-order valence-corrected chi connectivity index (χ3v) is 7.15. The van der Waals surface area contributed by atoms with Crippen LogP contribution in [0.5, 0.6) is 0 Å². The van der Waals surface area contributed by atoms with Gasteiger partial charge in [0.15, 0.2) is 0 Å². The van der Waals surface area contributed by atoms with Crippen molar-refractivity contribution < 1.29 is 9.59 Å². The predicted octanol–water partition coefficient (Wildman–Crippen LogP) is 4.38. The maximum Gasteiger partial charge on any atom is 0.331 e. The number of benzene rings is 2. The van der Waals surface area contributed by atoms with Crippen LogP contribution in [0.3, 0.4) is 0 Å². The Morgan fingerprint density at radius 3 is 2.49 bits per heavy atom. The van der Waals surface area contributed by atoms with E-state index >= 15 is 0 Å². The summed E-state index contributed by atoms with van der Waals surface area (Å²) in [5.74, 6) is -0.413. The number of aryl methyl sites for hydroxylation is 1. The number of para-hydroxylation sites is 1. The molecule has 4 rings (SSSR count). The number of carbonyl (C=O) groups excluding carboxylic acids is 2. The van der Waals surface area contributed by atoms with Gasteiger partial charge in [-0.3, -0.25) is 23.5 Å². The molecule has 1 heterocycles. The van der Waals surface area contributed by atoms with Crippen molar-refractivity contribution in [1.82, 2.24) is 14.5 Å². The molecular weight excluding hydrogens is 492 g/mol. The molecule has 0 spiro atoms. The second-order valence-electron chi connectivity index (χ2n) is 9.73. The number of rotatable bonds is 9. The molecule has 0 saturated heterocycles. The van der Waals surface area contributed by atoms with E-state index in [-0.39, 0.29) is 25.0 Å². The average Bonchev–Trinajstić information content (AvgIpc) is 2.88. The van der Waals surface area contributed by atoms with Gasteiger partial charge in [0.05, 0.1) is 21.6 Å². The van der Waals surface area contributed by atoms with Crippen LogP contribution >= 0.6 is 11.6 Å². The van der Waals surface area contributed by atoms with Crippen LogP contribution in [0.2, 0.25) is 5.02 Å². The highest BCUT2D eigenvalue weighted by Crippen LogP contribution is 2.23. The van der Waals surface area contributed by atoms with E-state index in [0.717, 1.165) is 35.8 Å². The van der Waals surface area contributed by atoms with Crippen LogP contribution in [-0.4, -0.2) is 27.0 Å². The number of halogens is 1. The van der Waals surface area contributed by atoms with Gasteiger partial charge in [0.2, 0.25) is 11.8 Å². The molecule has 0 bridgehead atoms. The third-order valence-electron chi connectivity index (χ3n) is 6.84. The van der Waals surface area contributed by atoms with Crippen LogP contribution in [-0.2, 0) is 22.7 Å². The minimum absolute atomic E-state index is 0.0154. The molecule has 0 unspecified atom stereocenters. The number of anilines is 1. The molecule has 2 amide bonds. The maximum absolute atomic E-state index is 13.3. The average molecular weight is 525 g/mol. The molecule has 0 aliphatic heterocycles. The van der Waals surface area contributed by atoms with Crippen molar-refractivity contribution >= 4 is 40.0 Å². The van der Waals surface area contributed by atoms with E-state index in [1.54, 1.807) is 36.4 Å². The van der Waals surface area contributed by atoms with Gasteiger partial charge >= 0.3 is 5.69 Å². The Morgan fingerprint density at radius 1 is 0.973 bits per heavy atom. The first-order valence-corrected chi connectivity index (χ1v) is 13.3. The second kappa shape index (κ2) is 12.2. The lowest BCUT2D eigenvalue weighted by Gasteiger charge is -2.22. The van der Waals surface area contributed by atoms with E-state index in [4.69, 9.17) is 11.6 Å². The van der Waals surface area contributed by atoms with Crippen LogP contribution in [0.25, 0.3) is 10.9 Å². The lowest BCUT2D eigenvalue weighted by molar-refractivity contribution is -0.122. The molecule has 196 valence electrons. The van der Waals surface area contributed by atoms with Crippen molar-refractivity contribution in [3.05, 3.63) is 73.9 Å². The Bertz CT molecular complexity index is 1410. The van der Waals surface area contributed by atoms with E-state index in [0.29, 0.717) is 40.9 Å². The number of hydrogen-bond donors (Lipinski definition) is 2. The first-order valence-electron chi connectivity index (χ1n) is 12.9. The van der Waals surface area contributed by atoms with Crippen molar-refractivity contribution in [3.8, 4) is 0 Å². The van der Waals surface area contributed by atoms with Crippen LogP contribution in [0.4, 0.5) is 5.69 Å². The zero-order chi connectivity index (χ0) is 26.4. The third kappa shape index (κ3) is 6.68. The van der Waals surface area contributed by atoms with Gasteiger partial charge in [0.25, 0.3) is 5.56 Å². The highest BCUT2D eigenvalue weighted by molar-refractivity contribution is 6.33. The Labute approximate surface area is 220 Å². The summed E-state index contributed by atoms with van der Waals surface area (Å²) in [6.45, 7) is 1.80. The lowest BCUT2D eigenvalue weighted by Crippen LogP contribution is -2.42. The highest BCUT2D eigenvalue weighted by Gasteiger charge is 2.17. The van der Waals surface area contributed by atoms with E-state index in [2.05, 4.69) is 10.6 Å². The van der Waals surface area contributed by atoms with E-state index in [9.17, 15) is 19.2 Å². The second-order valence-corrected chi connectivity index (χ2v) is 10.1. The minimum Gasteiger partial charge on any atom is -0.353 e. The molecule has 0 radical (unpaired) electrons. The molecule has 1 aliphatic rings. The van der Waals surface area contributed by atoms with Gasteiger partial charge in [0.1, 0.15) is 6.54 Å². The summed E-state index contributed by atoms with van der Waals surface area (Å²) in [5, 5.41) is 6.61. The van der Waals surface area contributed by atoms with Crippen LogP contribution in [0, 0.1) is 6.92 Å². The molecule has 37 heavy (non-hydrogen) atoms. The van der Waals surface area contributed by atoms with Crippen molar-refractivity contribution in [1.29, 1.82) is 0 Å². The predicted molar refractivity (Wildman–Crippen MR) is 146 cm³/mol. The quantitative estimate of drug-likeness (QED) is 0.405. The number of hydrogen-bond acceptors (Lipinski definition) is 4. The minimum atomic E-state index is -0.555. The van der Waals surface area contributed by atoms with E-state index in [1.165, 1.54) is 11.0 Å². The SMILES string of the molecule is Cc1ccc(NC(=O)Cn2c(=O)n(CCCCC(=O)NC3CCCCC3)c(=O)c3ccccc32)c(Cl)c1. The van der Waals surface area contributed by atoms with Gasteiger partial charge in [0, 0.05) is 19.0 Å². The Kier molecular flexibility index (Phi) is 8.82. The molecule has 8 nitrogen and oxygen atoms in total. The Balaban J connectivity index is 1.46. The number of aromatic nitrogens is 2. The fourth-order valence-electron chi connectivity index (χ4n) is 4.88. The van der Waals surface area contributed by atoms with Gasteiger partial charge < -0.3 is 10.6 Å². The van der Waals surface area contributed by atoms with Crippen LogP contribution in [0.1, 0.15) is 56.9 Å². The summed E-state index contributed by atoms with van der Waals surface area (Å²) in [6.07, 6.45) is 7.00. The number of carbonyl (C=O) groups is 2. The molecule has 9 heteroatoms. The van der Waals surface area contributed by atoms with Gasteiger partial charge in [-0.1, -0.05) is 49.1 Å². The van der Waals surface area contributed by atoms with Crippen molar-refractivity contribution in [2.24, 2.45) is 0 Å². The zero-order valence-corrected chi connectivity index (χ0v) is 21.9. The normalized spacial score (nSPS) is 14.0. The molecule has 1 aliphatic carbocycles. The number of unbranched alkanes of at least 4 members (excludes halogenated alkanes) is 1. The molecule has 1 aromatic heterocycles. The first kappa shape index (κ1) is 26.7. The zero-order valence-electron chi connectivity index (χ0n) is 21.1. The number of nitrogens with zero attached hydrogens (tertiary/aromatic N) is 2. The van der Waals surface area contributed by atoms with Gasteiger partial charge in [-0.2, -0.15) is 0 Å².